The van der Waals surface area contributed by atoms with Crippen molar-refractivity contribution in [2.24, 2.45) is 5.92 Å². The maximum atomic E-state index is 13.3. The smallest absolute Gasteiger partial charge is 0.326 e. The highest BCUT2D eigenvalue weighted by Crippen LogP contribution is 2.35. The number of aromatic amines is 2. The minimum Gasteiger partial charge on any atom is -0.480 e. The van der Waals surface area contributed by atoms with Crippen molar-refractivity contribution < 1.29 is 14.7 Å². The first kappa shape index (κ1) is 23.0. The van der Waals surface area contributed by atoms with E-state index >= 15 is 0 Å². The molecule has 172 valence electrons. The molecule has 2 heterocycles. The van der Waals surface area contributed by atoms with Crippen molar-refractivity contribution in [2.45, 2.75) is 49.8 Å². The summed E-state index contributed by atoms with van der Waals surface area (Å²) in [5.74, 6) is -0.995. The Morgan fingerprint density at radius 2 is 1.76 bits per heavy atom. The van der Waals surface area contributed by atoms with Gasteiger partial charge in [0.05, 0.1) is 5.25 Å². The van der Waals surface area contributed by atoms with Crippen molar-refractivity contribution in [1.29, 1.82) is 0 Å². The van der Waals surface area contributed by atoms with Gasteiger partial charge in [-0.15, -0.1) is 11.8 Å². The fraction of sp³-hybridized carbons (Fsp3) is 0.308. The summed E-state index contributed by atoms with van der Waals surface area (Å²) < 4.78 is 0. The maximum Gasteiger partial charge on any atom is 0.326 e. The summed E-state index contributed by atoms with van der Waals surface area (Å²) in [7, 11) is 0. The van der Waals surface area contributed by atoms with Gasteiger partial charge in [-0.05, 0) is 42.5 Å². The number of benzene rings is 2. The largest absolute Gasteiger partial charge is 0.480 e. The highest BCUT2D eigenvalue weighted by Gasteiger charge is 2.28. The fourth-order valence-corrected chi connectivity index (χ4v) is 5.68. The quantitative estimate of drug-likeness (QED) is 0.254. The number of para-hydroxylation sites is 1. The topological polar surface area (TPSA) is 98.0 Å². The number of nitrogens with one attached hydrogen (secondary N) is 3. The number of thioether (sulfide) groups is 1. The van der Waals surface area contributed by atoms with Gasteiger partial charge >= 0.3 is 5.97 Å². The number of carbonyl (C=O) groups is 2. The first-order valence-electron chi connectivity index (χ1n) is 11.1. The molecule has 6 nitrogen and oxygen atoms in total. The Morgan fingerprint density at radius 3 is 2.52 bits per heavy atom. The van der Waals surface area contributed by atoms with E-state index in [4.69, 9.17) is 0 Å². The highest BCUT2D eigenvalue weighted by molar-refractivity contribution is 8.00. The van der Waals surface area contributed by atoms with Crippen molar-refractivity contribution in [2.75, 3.05) is 0 Å². The van der Waals surface area contributed by atoms with E-state index in [2.05, 4.69) is 42.1 Å². The molecule has 1 amide bonds. The van der Waals surface area contributed by atoms with Gasteiger partial charge < -0.3 is 20.4 Å². The second kappa shape index (κ2) is 9.75. The Kier molecular flexibility index (Phi) is 6.79. The third-order valence-corrected chi connectivity index (χ3v) is 7.11. The van der Waals surface area contributed by atoms with Crippen LogP contribution in [0.2, 0.25) is 0 Å². The van der Waals surface area contributed by atoms with Gasteiger partial charge in [0, 0.05) is 45.5 Å². The van der Waals surface area contributed by atoms with Gasteiger partial charge in [-0.2, -0.15) is 0 Å². The lowest BCUT2D eigenvalue weighted by atomic mass is 10.0. The molecule has 4 N–H and O–H groups in total. The van der Waals surface area contributed by atoms with Crippen LogP contribution in [0.4, 0.5) is 0 Å². The number of fused-ring (bicyclic) bond motifs is 2. The lowest BCUT2D eigenvalue weighted by molar-refractivity contribution is -0.141. The van der Waals surface area contributed by atoms with Gasteiger partial charge in [0.1, 0.15) is 6.04 Å². The van der Waals surface area contributed by atoms with Gasteiger partial charge in [-0.1, -0.05) is 44.2 Å². The molecule has 0 aliphatic heterocycles. The third-order valence-electron chi connectivity index (χ3n) is 5.84. The molecule has 0 saturated heterocycles. The molecule has 2 aromatic heterocycles. The van der Waals surface area contributed by atoms with E-state index in [0.717, 1.165) is 37.8 Å². The number of carboxylic acid groups (broad SMARTS) is 1. The Morgan fingerprint density at radius 1 is 1.03 bits per heavy atom. The monoisotopic (exact) mass is 463 g/mol. The number of H-pyrrole nitrogens is 2. The molecule has 2 aromatic carbocycles. The predicted octanol–water partition coefficient (Wildman–Crippen LogP) is 5.28. The Bertz CT molecular complexity index is 1290. The van der Waals surface area contributed by atoms with Crippen LogP contribution in [0.15, 0.2) is 59.8 Å². The first-order chi connectivity index (χ1) is 15.8. The number of carboxylic acids is 1. The molecule has 0 fully saturated rings. The molecule has 7 heteroatoms. The van der Waals surface area contributed by atoms with Crippen LogP contribution in [0.5, 0.6) is 0 Å². The Balaban J connectivity index is 1.55. The van der Waals surface area contributed by atoms with Gasteiger partial charge in [0.2, 0.25) is 5.91 Å². The molecule has 4 aromatic rings. The molecule has 0 saturated carbocycles. The van der Waals surface area contributed by atoms with E-state index in [-0.39, 0.29) is 18.2 Å². The number of carbonyl (C=O) groups excluding carboxylic acids is 1. The van der Waals surface area contributed by atoms with Crippen LogP contribution in [-0.4, -0.2) is 38.2 Å². The van der Waals surface area contributed by atoms with Crippen molar-refractivity contribution >= 4 is 45.4 Å². The molecule has 1 unspecified atom stereocenters. The summed E-state index contributed by atoms with van der Waals surface area (Å²) in [6, 6.07) is 12.8. The molecule has 0 bridgehead atoms. The van der Waals surface area contributed by atoms with Crippen molar-refractivity contribution in [3.05, 3.63) is 66.0 Å². The van der Waals surface area contributed by atoms with Crippen LogP contribution in [0.25, 0.3) is 21.8 Å². The summed E-state index contributed by atoms with van der Waals surface area (Å²) in [6.07, 6.45) is 4.62. The number of amides is 1. The van der Waals surface area contributed by atoms with Crippen LogP contribution in [-0.2, 0) is 16.0 Å². The van der Waals surface area contributed by atoms with Crippen LogP contribution in [0.1, 0.15) is 31.4 Å². The number of aromatic nitrogens is 2. The number of aryl methyl sites for hydroxylation is 1. The van der Waals surface area contributed by atoms with Crippen molar-refractivity contribution in [3.8, 4) is 0 Å². The molecule has 0 aliphatic carbocycles. The Labute approximate surface area is 197 Å². The number of rotatable bonds is 9. The summed E-state index contributed by atoms with van der Waals surface area (Å²) in [4.78, 5) is 32.8. The van der Waals surface area contributed by atoms with Crippen LogP contribution in [0.3, 0.4) is 0 Å². The summed E-state index contributed by atoms with van der Waals surface area (Å²) in [5, 5.41) is 14.4. The number of aliphatic carboxylic acids is 1. The van der Waals surface area contributed by atoms with E-state index in [1.807, 2.05) is 48.8 Å². The standard InChI is InChI=1S/C26H29N3O3S/c1-15(2)11-22(33-23-14-28-20-10-6-7-16(3)24(20)23)25(30)29-21(26(31)32)12-17-13-27-19-9-5-4-8-18(17)19/h4-10,13-15,21-22,27-28H,11-12H2,1-3H3,(H,29,30)(H,31,32)/t21?,22-/m1/s1. The zero-order valence-electron chi connectivity index (χ0n) is 19.0. The highest BCUT2D eigenvalue weighted by atomic mass is 32.2. The fourth-order valence-electron chi connectivity index (χ4n) is 4.20. The van der Waals surface area contributed by atoms with Gasteiger partial charge in [0.25, 0.3) is 0 Å². The van der Waals surface area contributed by atoms with E-state index in [1.165, 1.54) is 11.8 Å². The third kappa shape index (κ3) is 5.09. The number of hydrogen-bond acceptors (Lipinski definition) is 3. The van der Waals surface area contributed by atoms with Crippen LogP contribution in [0, 0.1) is 12.8 Å². The van der Waals surface area contributed by atoms with E-state index in [1.54, 1.807) is 0 Å². The normalized spacial score (nSPS) is 13.5. The average Bonchev–Trinajstić information content (AvgIpc) is 3.37. The van der Waals surface area contributed by atoms with Gasteiger partial charge in [-0.3, -0.25) is 4.79 Å². The molecule has 2 atom stereocenters. The second-order valence-electron chi connectivity index (χ2n) is 8.85. The van der Waals surface area contributed by atoms with Crippen LogP contribution < -0.4 is 5.32 Å². The SMILES string of the molecule is Cc1cccc2[nH]cc(S[C@H](CC(C)C)C(=O)NC(Cc3c[nH]c4ccccc34)C(=O)O)c12. The predicted molar refractivity (Wildman–Crippen MR) is 134 cm³/mol. The summed E-state index contributed by atoms with van der Waals surface area (Å²) >= 11 is 1.50. The van der Waals surface area contributed by atoms with Gasteiger partial charge in [-0.25, -0.2) is 4.79 Å². The molecule has 0 aliphatic rings. The lowest BCUT2D eigenvalue weighted by Crippen LogP contribution is -2.46. The Hall–Kier alpha value is -3.19. The zero-order chi connectivity index (χ0) is 23.5. The number of hydrogen-bond donors (Lipinski definition) is 4. The second-order valence-corrected chi connectivity index (χ2v) is 10.1. The van der Waals surface area contributed by atoms with E-state index in [0.29, 0.717) is 6.42 Å². The lowest BCUT2D eigenvalue weighted by Gasteiger charge is -2.21. The molecular weight excluding hydrogens is 434 g/mol. The minimum atomic E-state index is -1.04. The summed E-state index contributed by atoms with van der Waals surface area (Å²) in [5.41, 5.74) is 4.00. The molecule has 0 spiro atoms. The maximum absolute atomic E-state index is 13.3. The zero-order valence-corrected chi connectivity index (χ0v) is 19.8. The van der Waals surface area contributed by atoms with Crippen molar-refractivity contribution in [3.63, 3.8) is 0 Å². The molecular formula is C26H29N3O3S. The van der Waals surface area contributed by atoms with Crippen molar-refractivity contribution in [1.82, 2.24) is 15.3 Å². The molecule has 4 rings (SSSR count). The van der Waals surface area contributed by atoms with E-state index < -0.39 is 17.3 Å². The summed E-state index contributed by atoms with van der Waals surface area (Å²) in [6.45, 7) is 6.20. The molecule has 33 heavy (non-hydrogen) atoms. The van der Waals surface area contributed by atoms with Crippen LogP contribution >= 0.6 is 11.8 Å². The van der Waals surface area contributed by atoms with Gasteiger partial charge in [0.15, 0.2) is 0 Å². The molecule has 0 radical (unpaired) electrons. The first-order valence-corrected chi connectivity index (χ1v) is 12.0. The minimum absolute atomic E-state index is 0.219. The average molecular weight is 464 g/mol. The van der Waals surface area contributed by atoms with E-state index in [9.17, 15) is 14.7 Å².